The van der Waals surface area contributed by atoms with Gasteiger partial charge in [0.15, 0.2) is 0 Å². The third-order valence-corrected chi connectivity index (χ3v) is 3.98. The van der Waals surface area contributed by atoms with Crippen molar-refractivity contribution in [2.24, 2.45) is 0 Å². The first-order chi connectivity index (χ1) is 11.7. The molecule has 1 fully saturated rings. The fourth-order valence-electron chi connectivity index (χ4n) is 2.65. The van der Waals surface area contributed by atoms with Crippen LogP contribution in [0.4, 0.5) is 11.8 Å². The highest BCUT2D eigenvalue weighted by atomic mass is 16.5. The molecule has 3 rings (SSSR count). The van der Waals surface area contributed by atoms with Crippen LogP contribution in [0, 0.1) is 0 Å². The minimum atomic E-state index is -0.109. The van der Waals surface area contributed by atoms with Crippen molar-refractivity contribution in [2.75, 3.05) is 30.4 Å². The quantitative estimate of drug-likeness (QED) is 0.725. The third-order valence-electron chi connectivity index (χ3n) is 3.98. The number of anilines is 2. The summed E-state index contributed by atoms with van der Waals surface area (Å²) in [6.07, 6.45) is 2.44. The second kappa shape index (κ2) is 8.08. The summed E-state index contributed by atoms with van der Waals surface area (Å²) in [6.45, 7) is 3.49. The number of hydrogen-bond acceptors (Lipinski definition) is 6. The van der Waals surface area contributed by atoms with Gasteiger partial charge in [0.1, 0.15) is 5.82 Å². The average Bonchev–Trinajstić information content (AvgIpc) is 3.14. The number of rotatable bonds is 7. The largest absolute Gasteiger partial charge is 0.394 e. The molecule has 6 heteroatoms. The normalized spacial score (nSPS) is 18.3. The zero-order valence-electron chi connectivity index (χ0n) is 13.9. The van der Waals surface area contributed by atoms with Gasteiger partial charge < -0.3 is 20.5 Å². The molecule has 1 aliphatic rings. The molecule has 0 aliphatic carbocycles. The monoisotopic (exact) mass is 328 g/mol. The number of hydrogen-bond donors (Lipinski definition) is 3. The molecule has 0 bridgehead atoms. The van der Waals surface area contributed by atoms with E-state index in [9.17, 15) is 5.11 Å². The van der Waals surface area contributed by atoms with Crippen LogP contribution in [0.15, 0.2) is 36.4 Å². The second-order valence-electron chi connectivity index (χ2n) is 6.07. The van der Waals surface area contributed by atoms with Crippen molar-refractivity contribution >= 4 is 11.8 Å². The van der Waals surface area contributed by atoms with Gasteiger partial charge in [-0.1, -0.05) is 30.3 Å². The molecular weight excluding hydrogens is 304 g/mol. The molecule has 2 heterocycles. The molecule has 128 valence electrons. The van der Waals surface area contributed by atoms with E-state index in [0.717, 1.165) is 43.1 Å². The summed E-state index contributed by atoms with van der Waals surface area (Å²) >= 11 is 0. The molecule has 0 spiro atoms. The van der Waals surface area contributed by atoms with Crippen LogP contribution in [-0.4, -0.2) is 47.0 Å². The molecule has 1 aromatic heterocycles. The summed E-state index contributed by atoms with van der Waals surface area (Å²) in [6, 6.07) is 11.8. The van der Waals surface area contributed by atoms with Crippen LogP contribution in [0.3, 0.4) is 0 Å². The lowest BCUT2D eigenvalue weighted by Gasteiger charge is -2.15. The molecule has 1 saturated heterocycles. The Morgan fingerprint density at radius 1 is 1.29 bits per heavy atom. The molecule has 0 unspecified atom stereocenters. The number of aliphatic hydroxyl groups is 1. The molecule has 0 amide bonds. The van der Waals surface area contributed by atoms with Crippen molar-refractivity contribution in [1.29, 1.82) is 0 Å². The van der Waals surface area contributed by atoms with E-state index in [1.807, 2.05) is 43.3 Å². The highest BCUT2D eigenvalue weighted by Gasteiger charge is 2.16. The minimum absolute atomic E-state index is 0.0254. The second-order valence-corrected chi connectivity index (χ2v) is 6.07. The van der Waals surface area contributed by atoms with Crippen molar-refractivity contribution in [3.63, 3.8) is 0 Å². The van der Waals surface area contributed by atoms with Gasteiger partial charge in [-0.15, -0.1) is 0 Å². The summed E-state index contributed by atoms with van der Waals surface area (Å²) in [5.41, 5.74) is 1.87. The Labute approximate surface area is 142 Å². The van der Waals surface area contributed by atoms with Gasteiger partial charge >= 0.3 is 0 Å². The zero-order valence-corrected chi connectivity index (χ0v) is 13.9. The van der Waals surface area contributed by atoms with Crippen LogP contribution in [0.2, 0.25) is 0 Å². The third kappa shape index (κ3) is 4.43. The molecule has 6 nitrogen and oxygen atoms in total. The number of ether oxygens (including phenoxy) is 1. The van der Waals surface area contributed by atoms with Crippen molar-refractivity contribution in [3.05, 3.63) is 36.4 Å². The van der Waals surface area contributed by atoms with Crippen LogP contribution in [0.25, 0.3) is 11.3 Å². The Balaban J connectivity index is 1.81. The lowest BCUT2D eigenvalue weighted by atomic mass is 10.1. The average molecular weight is 328 g/mol. The molecule has 24 heavy (non-hydrogen) atoms. The molecule has 3 N–H and O–H groups in total. The van der Waals surface area contributed by atoms with Gasteiger partial charge in [-0.2, -0.15) is 4.98 Å². The Bertz CT molecular complexity index is 645. The van der Waals surface area contributed by atoms with E-state index in [0.29, 0.717) is 5.95 Å². The predicted octanol–water partition coefficient (Wildman–Crippen LogP) is 2.53. The van der Waals surface area contributed by atoms with Crippen molar-refractivity contribution in [3.8, 4) is 11.3 Å². The molecule has 1 aliphatic heterocycles. The maximum Gasteiger partial charge on any atom is 0.225 e. The van der Waals surface area contributed by atoms with Gasteiger partial charge in [-0.3, -0.25) is 0 Å². The molecule has 1 aromatic carbocycles. The summed E-state index contributed by atoms with van der Waals surface area (Å²) in [5.74, 6) is 1.26. The first kappa shape index (κ1) is 16.7. The smallest absolute Gasteiger partial charge is 0.225 e. The molecule has 2 atom stereocenters. The lowest BCUT2D eigenvalue weighted by Crippen LogP contribution is -2.22. The highest BCUT2D eigenvalue weighted by molar-refractivity contribution is 5.64. The first-order valence-electron chi connectivity index (χ1n) is 8.42. The first-order valence-corrected chi connectivity index (χ1v) is 8.42. The van der Waals surface area contributed by atoms with Crippen molar-refractivity contribution in [2.45, 2.75) is 31.9 Å². The van der Waals surface area contributed by atoms with E-state index in [4.69, 9.17) is 4.74 Å². The van der Waals surface area contributed by atoms with E-state index in [1.165, 1.54) is 0 Å². The SMILES string of the molecule is C[C@@H](CO)Nc1nc(NC[C@@H]2CCCO2)cc(-c2ccccc2)n1. The number of benzene rings is 1. The Kier molecular flexibility index (Phi) is 5.61. The maximum atomic E-state index is 9.25. The topological polar surface area (TPSA) is 79.3 Å². The number of aromatic nitrogens is 2. The Morgan fingerprint density at radius 2 is 2.12 bits per heavy atom. The van der Waals surface area contributed by atoms with E-state index >= 15 is 0 Å². The van der Waals surface area contributed by atoms with Gasteiger partial charge in [0, 0.05) is 30.8 Å². The van der Waals surface area contributed by atoms with Gasteiger partial charge in [0.25, 0.3) is 0 Å². The van der Waals surface area contributed by atoms with Gasteiger partial charge in [0.05, 0.1) is 18.4 Å². The number of aliphatic hydroxyl groups excluding tert-OH is 1. The van der Waals surface area contributed by atoms with Crippen LogP contribution >= 0.6 is 0 Å². The molecule has 0 radical (unpaired) electrons. The standard InChI is InChI=1S/C18H24N4O2/c1-13(12-23)20-18-21-16(14-6-3-2-4-7-14)10-17(22-18)19-11-15-8-5-9-24-15/h2-4,6-7,10,13,15,23H,5,8-9,11-12H2,1H3,(H2,19,20,21,22)/t13-,15-/m0/s1. The summed E-state index contributed by atoms with van der Waals surface area (Å²) in [7, 11) is 0. The molecular formula is C18H24N4O2. The van der Waals surface area contributed by atoms with Gasteiger partial charge in [-0.05, 0) is 19.8 Å². The number of nitrogens with zero attached hydrogens (tertiary/aromatic N) is 2. The summed E-state index contributed by atoms with van der Waals surface area (Å²) < 4.78 is 5.65. The fraction of sp³-hybridized carbons (Fsp3) is 0.444. The van der Waals surface area contributed by atoms with Gasteiger partial charge in [-0.25, -0.2) is 4.98 Å². The van der Waals surface area contributed by atoms with E-state index in [-0.39, 0.29) is 18.8 Å². The Morgan fingerprint density at radius 3 is 2.83 bits per heavy atom. The van der Waals surface area contributed by atoms with E-state index in [1.54, 1.807) is 0 Å². The van der Waals surface area contributed by atoms with Crippen LogP contribution in [0.5, 0.6) is 0 Å². The fourth-order valence-corrected chi connectivity index (χ4v) is 2.65. The summed E-state index contributed by atoms with van der Waals surface area (Å²) in [5, 5.41) is 15.7. The van der Waals surface area contributed by atoms with Crippen molar-refractivity contribution < 1.29 is 9.84 Å². The van der Waals surface area contributed by atoms with E-state index in [2.05, 4.69) is 20.6 Å². The minimum Gasteiger partial charge on any atom is -0.394 e. The predicted molar refractivity (Wildman–Crippen MR) is 95.1 cm³/mol. The Hall–Kier alpha value is -2.18. The lowest BCUT2D eigenvalue weighted by molar-refractivity contribution is 0.120. The maximum absolute atomic E-state index is 9.25. The molecule has 2 aromatic rings. The van der Waals surface area contributed by atoms with Crippen LogP contribution in [-0.2, 0) is 4.74 Å². The van der Waals surface area contributed by atoms with Crippen LogP contribution < -0.4 is 10.6 Å². The summed E-state index contributed by atoms with van der Waals surface area (Å²) in [4.78, 5) is 9.07. The zero-order chi connectivity index (χ0) is 16.8. The van der Waals surface area contributed by atoms with Gasteiger partial charge in [0.2, 0.25) is 5.95 Å². The molecule has 0 saturated carbocycles. The van der Waals surface area contributed by atoms with E-state index < -0.39 is 0 Å². The number of nitrogens with one attached hydrogen (secondary N) is 2. The van der Waals surface area contributed by atoms with Crippen LogP contribution in [0.1, 0.15) is 19.8 Å². The highest BCUT2D eigenvalue weighted by Crippen LogP contribution is 2.22. The van der Waals surface area contributed by atoms with Crippen molar-refractivity contribution in [1.82, 2.24) is 9.97 Å².